The number of rotatable bonds is 5. The molecule has 130 valence electrons. The van der Waals surface area contributed by atoms with Crippen molar-refractivity contribution >= 4 is 12.0 Å². The van der Waals surface area contributed by atoms with Gasteiger partial charge in [-0.3, -0.25) is 4.79 Å². The van der Waals surface area contributed by atoms with Crippen molar-refractivity contribution in [3.63, 3.8) is 0 Å². The molecule has 0 aromatic heterocycles. The first-order valence-corrected chi connectivity index (χ1v) is 7.96. The van der Waals surface area contributed by atoms with Gasteiger partial charge in [0.1, 0.15) is 6.04 Å². The number of hydrogen-bond acceptors (Lipinski definition) is 3. The van der Waals surface area contributed by atoms with Crippen LogP contribution in [-0.4, -0.2) is 49.6 Å². The summed E-state index contributed by atoms with van der Waals surface area (Å²) in [5, 5.41) is 2.55. The van der Waals surface area contributed by atoms with Gasteiger partial charge in [0.2, 0.25) is 12.3 Å². The third-order valence-electron chi connectivity index (χ3n) is 4.92. The lowest BCUT2D eigenvalue weighted by atomic mass is 10.0. The summed E-state index contributed by atoms with van der Waals surface area (Å²) in [5.41, 5.74) is 0.905. The first kappa shape index (κ1) is 16.7. The van der Waals surface area contributed by atoms with Gasteiger partial charge < -0.3 is 15.0 Å². The third kappa shape index (κ3) is 3.34. The van der Waals surface area contributed by atoms with Crippen LogP contribution >= 0.6 is 0 Å². The number of alkyl carbamates (subject to hydrolysis) is 1. The van der Waals surface area contributed by atoms with Crippen molar-refractivity contribution in [1.82, 2.24) is 10.2 Å². The van der Waals surface area contributed by atoms with Crippen LogP contribution in [0.5, 0.6) is 0 Å². The molecule has 0 bridgehead atoms. The minimum absolute atomic E-state index is 0.107. The fourth-order valence-electron chi connectivity index (χ4n) is 3.60. The Morgan fingerprint density at radius 3 is 2.42 bits per heavy atom. The summed E-state index contributed by atoms with van der Waals surface area (Å²) in [7, 11) is 1.23. The molecule has 1 saturated carbocycles. The minimum atomic E-state index is -2.31. The van der Waals surface area contributed by atoms with Gasteiger partial charge >= 0.3 is 6.09 Å². The van der Waals surface area contributed by atoms with Crippen LogP contribution in [0, 0.1) is 17.8 Å². The molecule has 2 aliphatic rings. The fourth-order valence-corrected chi connectivity index (χ4v) is 3.60. The lowest BCUT2D eigenvalue weighted by Gasteiger charge is -2.26. The molecular formula is C17H20F2N2O3. The van der Waals surface area contributed by atoms with Crippen molar-refractivity contribution in [1.29, 1.82) is 0 Å². The Balaban J connectivity index is 1.65. The van der Waals surface area contributed by atoms with Crippen LogP contribution in [-0.2, 0) is 16.0 Å². The Kier molecular flexibility index (Phi) is 4.69. The number of carbonyl (C=O) groups excluding carboxylic acids is 2. The highest BCUT2D eigenvalue weighted by atomic mass is 19.3. The highest BCUT2D eigenvalue weighted by molar-refractivity contribution is 5.86. The van der Waals surface area contributed by atoms with Gasteiger partial charge in [-0.1, -0.05) is 30.3 Å². The van der Waals surface area contributed by atoms with Crippen LogP contribution in [0.15, 0.2) is 30.3 Å². The first-order valence-electron chi connectivity index (χ1n) is 7.96. The van der Waals surface area contributed by atoms with Gasteiger partial charge in [0.15, 0.2) is 0 Å². The zero-order chi connectivity index (χ0) is 17.3. The Hall–Kier alpha value is -2.18. The van der Waals surface area contributed by atoms with E-state index in [0.29, 0.717) is 19.5 Å². The topological polar surface area (TPSA) is 58.6 Å². The maximum Gasteiger partial charge on any atom is 0.407 e. The van der Waals surface area contributed by atoms with E-state index in [1.807, 2.05) is 30.3 Å². The predicted molar refractivity (Wildman–Crippen MR) is 82.5 cm³/mol. The molecule has 1 aromatic rings. The lowest BCUT2D eigenvalue weighted by Crippen LogP contribution is -2.49. The number of alkyl halides is 2. The van der Waals surface area contributed by atoms with Crippen molar-refractivity contribution in [3.05, 3.63) is 35.9 Å². The molecule has 24 heavy (non-hydrogen) atoms. The van der Waals surface area contributed by atoms with Gasteiger partial charge in [0, 0.05) is 25.4 Å². The molecule has 2 unspecified atom stereocenters. The van der Waals surface area contributed by atoms with Gasteiger partial charge in [-0.15, -0.1) is 0 Å². The first-order chi connectivity index (χ1) is 11.5. The average molecular weight is 338 g/mol. The maximum atomic E-state index is 12.8. The molecule has 1 heterocycles. The number of hydrogen-bond donors (Lipinski definition) is 1. The van der Waals surface area contributed by atoms with E-state index in [4.69, 9.17) is 0 Å². The Bertz CT molecular complexity index is 599. The molecule has 1 aromatic carbocycles. The van der Waals surface area contributed by atoms with Crippen molar-refractivity contribution in [2.45, 2.75) is 18.9 Å². The number of nitrogens with zero attached hydrogens (tertiary/aromatic N) is 1. The molecule has 1 aliphatic carbocycles. The summed E-state index contributed by atoms with van der Waals surface area (Å²) >= 11 is 0. The monoisotopic (exact) mass is 338 g/mol. The smallest absolute Gasteiger partial charge is 0.407 e. The second kappa shape index (κ2) is 6.75. The number of benzene rings is 1. The molecule has 2 fully saturated rings. The number of fused-ring (bicyclic) bond motifs is 1. The SMILES string of the molecule is COC(=O)NC(Cc1ccccc1)C(=O)N1C[C@@H]2C(C(F)F)[C@@H]2C1. The predicted octanol–water partition coefficient (Wildman–Crippen LogP) is 1.92. The van der Waals surface area contributed by atoms with E-state index >= 15 is 0 Å². The quantitative estimate of drug-likeness (QED) is 0.892. The maximum absolute atomic E-state index is 12.8. The number of amides is 2. The van der Waals surface area contributed by atoms with Crippen molar-refractivity contribution in [2.24, 2.45) is 17.8 Å². The number of methoxy groups -OCH3 is 1. The van der Waals surface area contributed by atoms with Crippen LogP contribution in [0.3, 0.4) is 0 Å². The van der Waals surface area contributed by atoms with Gasteiger partial charge in [0.05, 0.1) is 7.11 Å². The van der Waals surface area contributed by atoms with Crippen LogP contribution in [0.1, 0.15) is 5.56 Å². The van der Waals surface area contributed by atoms with Crippen molar-refractivity contribution in [3.8, 4) is 0 Å². The Morgan fingerprint density at radius 2 is 1.88 bits per heavy atom. The van der Waals surface area contributed by atoms with E-state index < -0.39 is 24.5 Å². The van der Waals surface area contributed by atoms with E-state index in [0.717, 1.165) is 5.56 Å². The summed E-state index contributed by atoms with van der Waals surface area (Å²) < 4.78 is 30.1. The molecule has 5 nitrogen and oxygen atoms in total. The number of halogens is 2. The molecule has 1 saturated heterocycles. The van der Waals surface area contributed by atoms with E-state index in [-0.39, 0.29) is 17.7 Å². The summed E-state index contributed by atoms with van der Waals surface area (Å²) in [6, 6.07) is 8.55. The summed E-state index contributed by atoms with van der Waals surface area (Å²) in [5.74, 6) is -1.03. The van der Waals surface area contributed by atoms with Crippen LogP contribution in [0.4, 0.5) is 13.6 Å². The van der Waals surface area contributed by atoms with Gasteiger partial charge in [-0.05, 0) is 17.4 Å². The largest absolute Gasteiger partial charge is 0.453 e. The van der Waals surface area contributed by atoms with E-state index in [2.05, 4.69) is 10.1 Å². The second-order valence-corrected chi connectivity index (χ2v) is 6.36. The fraction of sp³-hybridized carbons (Fsp3) is 0.529. The lowest BCUT2D eigenvalue weighted by molar-refractivity contribution is -0.133. The number of nitrogens with one attached hydrogen (secondary N) is 1. The van der Waals surface area contributed by atoms with Crippen LogP contribution in [0.2, 0.25) is 0 Å². The standard InChI is InChI=1S/C17H20F2N2O3/c1-24-17(23)20-13(7-10-5-3-2-4-6-10)16(22)21-8-11-12(9-21)14(11)15(18)19/h2-6,11-15H,7-9H2,1H3,(H,20,23)/t11-,12+,13?,14?. The zero-order valence-electron chi connectivity index (χ0n) is 13.3. The minimum Gasteiger partial charge on any atom is -0.453 e. The summed E-state index contributed by atoms with van der Waals surface area (Å²) in [6.07, 6.45) is -2.66. The van der Waals surface area contributed by atoms with Crippen molar-refractivity contribution in [2.75, 3.05) is 20.2 Å². The molecule has 1 aliphatic heterocycles. The number of carbonyl (C=O) groups is 2. The molecule has 3 rings (SSSR count). The molecule has 7 heteroatoms. The molecule has 2 amide bonds. The van der Waals surface area contributed by atoms with E-state index in [9.17, 15) is 18.4 Å². The molecule has 0 radical (unpaired) electrons. The van der Waals surface area contributed by atoms with Gasteiger partial charge in [0.25, 0.3) is 0 Å². The molecule has 1 N–H and O–H groups in total. The van der Waals surface area contributed by atoms with Crippen LogP contribution in [0.25, 0.3) is 0 Å². The normalized spacial score (nSPS) is 26.0. The van der Waals surface area contributed by atoms with Crippen LogP contribution < -0.4 is 5.32 Å². The molecule has 4 atom stereocenters. The summed E-state index contributed by atoms with van der Waals surface area (Å²) in [6.45, 7) is 0.680. The van der Waals surface area contributed by atoms with Gasteiger partial charge in [-0.25, -0.2) is 13.6 Å². The third-order valence-corrected chi connectivity index (χ3v) is 4.92. The Labute approximate surface area is 139 Å². The van der Waals surface area contributed by atoms with E-state index in [1.165, 1.54) is 7.11 Å². The highest BCUT2D eigenvalue weighted by Gasteiger charge is 2.60. The molecular weight excluding hydrogens is 318 g/mol. The van der Waals surface area contributed by atoms with Crippen molar-refractivity contribution < 1.29 is 23.1 Å². The number of piperidine rings is 1. The molecule has 0 spiro atoms. The zero-order valence-corrected chi connectivity index (χ0v) is 13.3. The second-order valence-electron chi connectivity index (χ2n) is 6.36. The summed E-state index contributed by atoms with van der Waals surface area (Å²) in [4.78, 5) is 25.8. The highest BCUT2D eigenvalue weighted by Crippen LogP contribution is 2.54. The van der Waals surface area contributed by atoms with Gasteiger partial charge in [-0.2, -0.15) is 0 Å². The Morgan fingerprint density at radius 1 is 1.25 bits per heavy atom. The number of likely N-dealkylation sites (tertiary alicyclic amines) is 1. The number of ether oxygens (including phenoxy) is 1. The average Bonchev–Trinajstić information content (AvgIpc) is 3.10. The van der Waals surface area contributed by atoms with E-state index in [1.54, 1.807) is 4.90 Å².